The van der Waals surface area contributed by atoms with Gasteiger partial charge in [-0.1, -0.05) is 13.8 Å². The van der Waals surface area contributed by atoms with Gasteiger partial charge >= 0.3 is 0 Å². The van der Waals surface area contributed by atoms with E-state index in [0.29, 0.717) is 16.6 Å². The molecule has 72 valence electrons. The van der Waals surface area contributed by atoms with Gasteiger partial charge in [0.05, 0.1) is 0 Å². The van der Waals surface area contributed by atoms with Crippen LogP contribution < -0.4 is 0 Å². The monoisotopic (exact) mass is 178 g/mol. The first-order chi connectivity index (χ1) is 6.06. The van der Waals surface area contributed by atoms with Crippen molar-refractivity contribution in [1.29, 1.82) is 0 Å². The van der Waals surface area contributed by atoms with Crippen LogP contribution in [0.15, 0.2) is 0 Å². The summed E-state index contributed by atoms with van der Waals surface area (Å²) in [5.41, 5.74) is 0.764. The normalized spacial score (nSPS) is 58.8. The van der Waals surface area contributed by atoms with Crippen LogP contribution in [0.4, 0.5) is 0 Å². The van der Waals surface area contributed by atoms with Crippen molar-refractivity contribution in [3.8, 4) is 0 Å². The van der Waals surface area contributed by atoms with E-state index in [1.807, 2.05) is 0 Å². The number of ketones is 1. The molecule has 0 aromatic carbocycles. The van der Waals surface area contributed by atoms with Gasteiger partial charge in [-0.3, -0.25) is 4.79 Å². The maximum Gasteiger partial charge on any atom is 0.134 e. The largest absolute Gasteiger partial charge is 0.300 e. The molecule has 0 aliphatic heterocycles. The first kappa shape index (κ1) is 8.02. The zero-order valence-corrected chi connectivity index (χ0v) is 8.60. The number of hydrogen-bond acceptors (Lipinski definition) is 1. The Bertz CT molecular complexity index is 257. The Balaban J connectivity index is 2.10. The Hall–Kier alpha value is -0.330. The van der Waals surface area contributed by atoms with Crippen molar-refractivity contribution in [2.45, 2.75) is 46.0 Å². The van der Waals surface area contributed by atoms with Crippen molar-refractivity contribution >= 4 is 5.78 Å². The second kappa shape index (κ2) is 2.02. The van der Waals surface area contributed by atoms with Crippen LogP contribution in [0.5, 0.6) is 0 Å². The molecule has 3 fully saturated rings. The van der Waals surface area contributed by atoms with Gasteiger partial charge in [-0.05, 0) is 41.9 Å². The molecule has 3 rings (SSSR count). The Kier molecular flexibility index (Phi) is 1.24. The molecule has 0 radical (unpaired) electrons. The van der Waals surface area contributed by atoms with Crippen LogP contribution in [-0.4, -0.2) is 5.78 Å². The topological polar surface area (TPSA) is 17.1 Å². The lowest BCUT2D eigenvalue weighted by molar-refractivity contribution is -0.118. The molecule has 0 aromatic rings. The van der Waals surface area contributed by atoms with E-state index in [1.54, 1.807) is 0 Å². The average Bonchev–Trinajstić information content (AvgIpc) is 2.59. The van der Waals surface area contributed by atoms with Crippen LogP contribution >= 0.6 is 0 Å². The number of Topliss-reactive ketones (excluding diaryl/α,β-unsaturated/α-hetero) is 1. The van der Waals surface area contributed by atoms with Crippen LogP contribution in [0.1, 0.15) is 46.0 Å². The third kappa shape index (κ3) is 0.693. The molecule has 4 atom stereocenters. The highest BCUT2D eigenvalue weighted by molar-refractivity contribution is 5.83. The summed E-state index contributed by atoms with van der Waals surface area (Å²) in [6.45, 7) is 4.75. The van der Waals surface area contributed by atoms with E-state index in [-0.39, 0.29) is 0 Å². The first-order valence-electron chi connectivity index (χ1n) is 5.58. The Morgan fingerprint density at radius 3 is 2.00 bits per heavy atom. The first-order valence-corrected chi connectivity index (χ1v) is 5.58. The van der Waals surface area contributed by atoms with Gasteiger partial charge in [0.1, 0.15) is 5.78 Å². The Labute approximate surface area is 79.9 Å². The molecule has 0 amide bonds. The van der Waals surface area contributed by atoms with Crippen LogP contribution in [-0.2, 0) is 4.79 Å². The molecular formula is C12H18O. The van der Waals surface area contributed by atoms with Gasteiger partial charge in [-0.15, -0.1) is 0 Å². The molecule has 0 aromatic heterocycles. The second-order valence-electron chi connectivity index (χ2n) is 5.93. The molecule has 3 aliphatic rings. The van der Waals surface area contributed by atoms with Crippen molar-refractivity contribution in [3.63, 3.8) is 0 Å². The summed E-state index contributed by atoms with van der Waals surface area (Å²) in [7, 11) is 0. The molecule has 1 nitrogen and oxygen atoms in total. The van der Waals surface area contributed by atoms with Crippen molar-refractivity contribution in [3.05, 3.63) is 0 Å². The minimum atomic E-state index is 0.382. The lowest BCUT2D eigenvalue weighted by Gasteiger charge is -2.44. The molecule has 0 spiro atoms. The van der Waals surface area contributed by atoms with Crippen LogP contribution in [0.3, 0.4) is 0 Å². The minimum absolute atomic E-state index is 0.382. The van der Waals surface area contributed by atoms with E-state index < -0.39 is 0 Å². The van der Waals surface area contributed by atoms with E-state index in [4.69, 9.17) is 0 Å². The third-order valence-electron chi connectivity index (χ3n) is 5.67. The zero-order chi connectivity index (χ0) is 9.27. The smallest absolute Gasteiger partial charge is 0.134 e. The van der Waals surface area contributed by atoms with Gasteiger partial charge in [0.2, 0.25) is 0 Å². The molecule has 0 heterocycles. The van der Waals surface area contributed by atoms with Gasteiger partial charge in [0, 0.05) is 12.8 Å². The number of fused-ring (bicyclic) bond motifs is 5. The van der Waals surface area contributed by atoms with Gasteiger partial charge in [-0.2, -0.15) is 0 Å². The van der Waals surface area contributed by atoms with Gasteiger partial charge in [0.15, 0.2) is 0 Å². The highest BCUT2D eigenvalue weighted by atomic mass is 16.1. The van der Waals surface area contributed by atoms with Crippen LogP contribution in [0.2, 0.25) is 0 Å². The summed E-state index contributed by atoms with van der Waals surface area (Å²) in [5, 5.41) is 0. The van der Waals surface area contributed by atoms with Crippen molar-refractivity contribution in [1.82, 2.24) is 0 Å². The summed E-state index contributed by atoms with van der Waals surface area (Å²) in [4.78, 5) is 11.6. The molecule has 0 N–H and O–H groups in total. The van der Waals surface area contributed by atoms with E-state index in [1.165, 1.54) is 19.3 Å². The molecule has 3 saturated carbocycles. The second-order valence-corrected chi connectivity index (χ2v) is 5.93. The van der Waals surface area contributed by atoms with Crippen molar-refractivity contribution < 1.29 is 4.79 Å². The fraction of sp³-hybridized carbons (Fsp3) is 0.917. The number of carbonyl (C=O) groups is 1. The quantitative estimate of drug-likeness (QED) is 0.557. The Morgan fingerprint density at radius 1 is 1.08 bits per heavy atom. The van der Waals surface area contributed by atoms with Crippen molar-refractivity contribution in [2.75, 3.05) is 0 Å². The lowest BCUT2D eigenvalue weighted by atomic mass is 9.60. The standard InChI is InChI=1S/C12H18O/c1-11-6-10(13)7-12(11,2)9-4-3-8(11)5-9/h8-9H,3-7H2,1-2H3/t8-,9+,11-,12+. The van der Waals surface area contributed by atoms with Crippen molar-refractivity contribution in [2.24, 2.45) is 22.7 Å². The summed E-state index contributed by atoms with van der Waals surface area (Å²) in [6, 6.07) is 0. The fourth-order valence-electron chi connectivity index (χ4n) is 4.65. The number of hydrogen-bond donors (Lipinski definition) is 0. The number of rotatable bonds is 0. The lowest BCUT2D eigenvalue weighted by Crippen LogP contribution is -2.37. The summed E-state index contributed by atoms with van der Waals surface area (Å²) in [6.07, 6.45) is 5.96. The highest BCUT2D eigenvalue weighted by Crippen LogP contribution is 2.71. The van der Waals surface area contributed by atoms with E-state index >= 15 is 0 Å². The maximum absolute atomic E-state index is 11.6. The predicted octanol–water partition coefficient (Wildman–Crippen LogP) is 2.79. The third-order valence-corrected chi connectivity index (χ3v) is 5.67. The summed E-state index contributed by atoms with van der Waals surface area (Å²) in [5.74, 6) is 2.27. The summed E-state index contributed by atoms with van der Waals surface area (Å²) < 4.78 is 0. The number of carbonyl (C=O) groups excluding carboxylic acids is 1. The average molecular weight is 178 g/mol. The van der Waals surface area contributed by atoms with Gasteiger partial charge in [0.25, 0.3) is 0 Å². The molecule has 3 aliphatic carbocycles. The van der Waals surface area contributed by atoms with Crippen LogP contribution in [0, 0.1) is 22.7 Å². The molecule has 2 bridgehead atoms. The molecule has 1 heteroatoms. The van der Waals surface area contributed by atoms with Gasteiger partial charge in [-0.25, -0.2) is 0 Å². The SMILES string of the molecule is C[C@@]12CC(=O)C[C@]1(C)[C@@H]1CC[C@H]2C1. The van der Waals surface area contributed by atoms with E-state index in [0.717, 1.165) is 24.7 Å². The van der Waals surface area contributed by atoms with Gasteiger partial charge < -0.3 is 0 Å². The van der Waals surface area contributed by atoms with Crippen LogP contribution in [0.25, 0.3) is 0 Å². The zero-order valence-electron chi connectivity index (χ0n) is 8.60. The molecular weight excluding hydrogens is 160 g/mol. The molecule has 0 saturated heterocycles. The summed E-state index contributed by atoms with van der Waals surface area (Å²) >= 11 is 0. The minimum Gasteiger partial charge on any atom is -0.300 e. The Morgan fingerprint density at radius 2 is 1.54 bits per heavy atom. The predicted molar refractivity (Wildman–Crippen MR) is 51.3 cm³/mol. The van der Waals surface area contributed by atoms with E-state index in [2.05, 4.69) is 13.8 Å². The molecule has 13 heavy (non-hydrogen) atoms. The maximum atomic E-state index is 11.6. The highest BCUT2D eigenvalue weighted by Gasteiger charge is 2.66. The fourth-order valence-corrected chi connectivity index (χ4v) is 4.65. The van der Waals surface area contributed by atoms with E-state index in [9.17, 15) is 4.79 Å². The molecule has 0 unspecified atom stereocenters.